The molecule has 6 nitrogen and oxygen atoms in total. The van der Waals surface area contributed by atoms with Crippen LogP contribution in [-0.2, 0) is 4.79 Å². The maximum absolute atomic E-state index is 12.9. The van der Waals surface area contributed by atoms with Crippen molar-refractivity contribution in [3.8, 4) is 0 Å². The highest BCUT2D eigenvalue weighted by molar-refractivity contribution is 5.81. The van der Waals surface area contributed by atoms with Gasteiger partial charge in [0, 0.05) is 45.3 Å². The predicted octanol–water partition coefficient (Wildman–Crippen LogP) is 1.12. The van der Waals surface area contributed by atoms with Crippen molar-refractivity contribution in [3.63, 3.8) is 0 Å². The van der Waals surface area contributed by atoms with Crippen molar-refractivity contribution in [1.29, 1.82) is 0 Å². The molecule has 0 aromatic rings. The molecule has 0 aromatic heterocycles. The minimum absolute atomic E-state index is 0.00842. The number of rotatable bonds is 2. The Bertz CT molecular complexity index is 436. The average Bonchev–Trinajstić information content (AvgIpc) is 3.15. The molecule has 2 unspecified atom stereocenters. The first-order valence-corrected chi connectivity index (χ1v) is 9.19. The molecule has 130 valence electrons. The first kappa shape index (κ1) is 16.6. The molecule has 0 aliphatic carbocycles. The van der Waals surface area contributed by atoms with Gasteiger partial charge in [0.05, 0.1) is 5.92 Å². The van der Waals surface area contributed by atoms with Gasteiger partial charge in [0.1, 0.15) is 0 Å². The van der Waals surface area contributed by atoms with E-state index in [0.717, 1.165) is 71.2 Å². The van der Waals surface area contributed by atoms with Crippen molar-refractivity contribution in [1.82, 2.24) is 20.0 Å². The number of carbonyl (C=O) groups is 2. The van der Waals surface area contributed by atoms with Crippen LogP contribution in [0.4, 0.5) is 4.79 Å². The van der Waals surface area contributed by atoms with Gasteiger partial charge in [-0.15, -0.1) is 0 Å². The van der Waals surface area contributed by atoms with Crippen molar-refractivity contribution in [2.24, 2.45) is 5.92 Å². The molecular formula is C17H30N4O2. The molecule has 3 heterocycles. The molecule has 0 aromatic carbocycles. The van der Waals surface area contributed by atoms with Crippen LogP contribution in [0.1, 0.15) is 38.5 Å². The van der Waals surface area contributed by atoms with Gasteiger partial charge in [-0.3, -0.25) is 4.79 Å². The third kappa shape index (κ3) is 3.79. The quantitative estimate of drug-likeness (QED) is 0.829. The summed E-state index contributed by atoms with van der Waals surface area (Å²) in [6, 6.07) is 0.561. The normalized spacial score (nSPS) is 29.0. The van der Waals surface area contributed by atoms with Gasteiger partial charge in [-0.1, -0.05) is 0 Å². The number of likely N-dealkylation sites (N-methyl/N-ethyl adjacent to an activating group) is 1. The Labute approximate surface area is 139 Å². The summed E-state index contributed by atoms with van der Waals surface area (Å²) < 4.78 is 0. The Morgan fingerprint density at radius 1 is 0.826 bits per heavy atom. The van der Waals surface area contributed by atoms with Crippen LogP contribution in [0.5, 0.6) is 0 Å². The number of nitrogens with one attached hydrogen (secondary N) is 1. The van der Waals surface area contributed by atoms with E-state index in [1.807, 2.05) is 21.7 Å². The first-order chi connectivity index (χ1) is 11.2. The molecule has 23 heavy (non-hydrogen) atoms. The van der Waals surface area contributed by atoms with Crippen LogP contribution in [0.2, 0.25) is 0 Å². The highest BCUT2D eigenvalue weighted by Gasteiger charge is 2.34. The fourth-order valence-corrected chi connectivity index (χ4v) is 4.13. The zero-order chi connectivity index (χ0) is 16.2. The Morgan fingerprint density at radius 2 is 1.48 bits per heavy atom. The van der Waals surface area contributed by atoms with Gasteiger partial charge in [0.25, 0.3) is 0 Å². The molecule has 0 saturated carbocycles. The number of piperidine rings is 2. The van der Waals surface area contributed by atoms with Gasteiger partial charge in [-0.2, -0.15) is 0 Å². The van der Waals surface area contributed by atoms with Crippen LogP contribution in [0.3, 0.4) is 0 Å². The fourth-order valence-electron chi connectivity index (χ4n) is 4.13. The maximum atomic E-state index is 12.9. The topological polar surface area (TPSA) is 55.9 Å². The van der Waals surface area contributed by atoms with E-state index in [1.165, 1.54) is 0 Å². The lowest BCUT2D eigenvalue weighted by Gasteiger charge is -2.39. The molecule has 3 aliphatic heterocycles. The second-order valence-electron chi connectivity index (χ2n) is 7.17. The van der Waals surface area contributed by atoms with E-state index in [0.29, 0.717) is 12.6 Å². The van der Waals surface area contributed by atoms with E-state index >= 15 is 0 Å². The van der Waals surface area contributed by atoms with Gasteiger partial charge in [0.2, 0.25) is 5.91 Å². The number of nitrogens with zero attached hydrogens (tertiary/aromatic N) is 3. The van der Waals surface area contributed by atoms with Crippen LogP contribution in [0, 0.1) is 5.92 Å². The van der Waals surface area contributed by atoms with Crippen molar-refractivity contribution in [2.45, 2.75) is 44.6 Å². The summed E-state index contributed by atoms with van der Waals surface area (Å²) in [4.78, 5) is 31.3. The Kier molecular flexibility index (Phi) is 5.41. The molecule has 3 fully saturated rings. The summed E-state index contributed by atoms with van der Waals surface area (Å²) >= 11 is 0. The van der Waals surface area contributed by atoms with Crippen molar-refractivity contribution < 1.29 is 9.59 Å². The molecule has 6 heteroatoms. The standard InChI is InChI=1S/C17H30N4O2/c1-18-15-7-5-10-20(13-15)16(22)14-6-4-11-21(12-14)17(23)19-8-2-3-9-19/h14-15,18H,2-13H2,1H3. The van der Waals surface area contributed by atoms with E-state index in [2.05, 4.69) is 5.32 Å². The Morgan fingerprint density at radius 3 is 2.22 bits per heavy atom. The van der Waals surface area contributed by atoms with E-state index in [9.17, 15) is 9.59 Å². The molecule has 0 bridgehead atoms. The van der Waals surface area contributed by atoms with Gasteiger partial charge in [-0.05, 0) is 45.6 Å². The molecule has 0 radical (unpaired) electrons. The van der Waals surface area contributed by atoms with E-state index in [4.69, 9.17) is 0 Å². The van der Waals surface area contributed by atoms with Crippen LogP contribution in [0.15, 0.2) is 0 Å². The van der Waals surface area contributed by atoms with Crippen molar-refractivity contribution in [3.05, 3.63) is 0 Å². The van der Waals surface area contributed by atoms with Gasteiger partial charge in [0.15, 0.2) is 0 Å². The highest BCUT2D eigenvalue weighted by atomic mass is 16.2. The smallest absolute Gasteiger partial charge is 0.320 e. The number of hydrogen-bond acceptors (Lipinski definition) is 3. The molecule has 1 N–H and O–H groups in total. The van der Waals surface area contributed by atoms with E-state index in [1.54, 1.807) is 0 Å². The minimum atomic E-state index is -0.00842. The molecule has 3 rings (SSSR count). The number of carbonyl (C=O) groups excluding carboxylic acids is 2. The molecule has 3 aliphatic rings. The SMILES string of the molecule is CNC1CCCN(C(=O)C2CCCN(C(=O)N3CCCC3)C2)C1. The second kappa shape index (κ2) is 7.51. The molecule has 2 atom stereocenters. The van der Waals surface area contributed by atoms with Crippen LogP contribution >= 0.6 is 0 Å². The molecule has 0 spiro atoms. The summed E-state index contributed by atoms with van der Waals surface area (Å²) in [5.41, 5.74) is 0. The van der Waals surface area contributed by atoms with E-state index in [-0.39, 0.29) is 17.9 Å². The predicted molar refractivity (Wildman–Crippen MR) is 89.2 cm³/mol. The minimum Gasteiger partial charge on any atom is -0.341 e. The molecule has 3 amide bonds. The lowest BCUT2D eigenvalue weighted by molar-refractivity contribution is -0.138. The van der Waals surface area contributed by atoms with Crippen LogP contribution in [0.25, 0.3) is 0 Å². The third-order valence-electron chi connectivity index (χ3n) is 5.56. The summed E-state index contributed by atoms with van der Waals surface area (Å²) in [6.45, 7) is 4.85. The van der Waals surface area contributed by atoms with Gasteiger partial charge < -0.3 is 20.0 Å². The third-order valence-corrected chi connectivity index (χ3v) is 5.56. The first-order valence-electron chi connectivity index (χ1n) is 9.19. The summed E-state index contributed by atoms with van der Waals surface area (Å²) in [5.74, 6) is 0.245. The van der Waals surface area contributed by atoms with Crippen LogP contribution in [-0.4, -0.2) is 79.0 Å². The lowest BCUT2D eigenvalue weighted by atomic mass is 9.95. The maximum Gasteiger partial charge on any atom is 0.320 e. The zero-order valence-corrected chi connectivity index (χ0v) is 14.3. The van der Waals surface area contributed by atoms with Gasteiger partial charge >= 0.3 is 6.03 Å². The molecule has 3 saturated heterocycles. The number of urea groups is 1. The summed E-state index contributed by atoms with van der Waals surface area (Å²) in [7, 11) is 1.97. The number of amides is 3. The number of hydrogen-bond donors (Lipinski definition) is 1. The summed E-state index contributed by atoms with van der Waals surface area (Å²) in [6.07, 6.45) is 6.30. The fraction of sp³-hybridized carbons (Fsp3) is 0.882. The Balaban J connectivity index is 1.57. The van der Waals surface area contributed by atoms with Crippen LogP contribution < -0.4 is 5.32 Å². The summed E-state index contributed by atoms with van der Waals surface area (Å²) in [5, 5.41) is 3.29. The zero-order valence-electron chi connectivity index (χ0n) is 14.3. The molecular weight excluding hydrogens is 292 g/mol. The largest absolute Gasteiger partial charge is 0.341 e. The number of likely N-dealkylation sites (tertiary alicyclic amines) is 3. The highest BCUT2D eigenvalue weighted by Crippen LogP contribution is 2.23. The van der Waals surface area contributed by atoms with Crippen molar-refractivity contribution >= 4 is 11.9 Å². The van der Waals surface area contributed by atoms with Crippen molar-refractivity contribution in [2.75, 3.05) is 46.3 Å². The lowest BCUT2D eigenvalue weighted by Crippen LogP contribution is -2.53. The average molecular weight is 322 g/mol. The van der Waals surface area contributed by atoms with Gasteiger partial charge in [-0.25, -0.2) is 4.79 Å². The Hall–Kier alpha value is -1.30. The van der Waals surface area contributed by atoms with E-state index < -0.39 is 0 Å². The monoisotopic (exact) mass is 322 g/mol. The second-order valence-corrected chi connectivity index (χ2v) is 7.17.